The molecule has 2 heteroatoms. The highest BCUT2D eigenvalue weighted by Crippen LogP contribution is 2.36. The normalized spacial score (nSPS) is 19.3. The molecule has 6 rings (SSSR count). The van der Waals surface area contributed by atoms with Gasteiger partial charge < -0.3 is 0 Å². The van der Waals surface area contributed by atoms with Crippen LogP contribution in [0.1, 0.15) is 28.4 Å². The quantitative estimate of drug-likeness (QED) is 0.463. The van der Waals surface area contributed by atoms with Gasteiger partial charge in [-0.15, -0.1) is 0 Å². The molecular formula is C25H21N2. The molecule has 0 aliphatic carbocycles. The van der Waals surface area contributed by atoms with Crippen molar-refractivity contribution in [2.24, 2.45) is 0 Å². The van der Waals surface area contributed by atoms with Gasteiger partial charge in [-0.2, -0.15) is 0 Å². The van der Waals surface area contributed by atoms with Gasteiger partial charge in [0.2, 0.25) is 0 Å². The molecule has 4 aromatic carbocycles. The van der Waals surface area contributed by atoms with Crippen molar-refractivity contribution in [1.29, 1.82) is 0 Å². The van der Waals surface area contributed by atoms with Crippen molar-refractivity contribution in [3.8, 4) is 0 Å². The molecule has 2 heterocycles. The molecule has 0 saturated heterocycles. The van der Waals surface area contributed by atoms with E-state index in [0.29, 0.717) is 0 Å². The molecule has 0 aromatic heterocycles. The molecule has 131 valence electrons. The van der Waals surface area contributed by atoms with Gasteiger partial charge in [0, 0.05) is 19.6 Å². The molecule has 27 heavy (non-hydrogen) atoms. The second-order valence-corrected chi connectivity index (χ2v) is 7.80. The third kappa shape index (κ3) is 2.48. The second kappa shape index (κ2) is 5.91. The molecule has 2 aliphatic rings. The molecule has 1 radical (unpaired) electrons. The highest BCUT2D eigenvalue weighted by molar-refractivity contribution is 5.85. The van der Waals surface area contributed by atoms with E-state index >= 15 is 0 Å². The van der Waals surface area contributed by atoms with E-state index in [2.05, 4.69) is 77.7 Å². The number of benzene rings is 4. The summed E-state index contributed by atoms with van der Waals surface area (Å²) in [6.45, 7) is 2.90. The fourth-order valence-corrected chi connectivity index (χ4v) is 4.76. The molecule has 2 aliphatic heterocycles. The molecule has 0 fully saturated rings. The maximum atomic E-state index is 5.01. The van der Waals surface area contributed by atoms with Crippen LogP contribution in [0.2, 0.25) is 0 Å². The highest BCUT2D eigenvalue weighted by atomic mass is 15.3. The van der Waals surface area contributed by atoms with Crippen LogP contribution in [0.3, 0.4) is 0 Å². The first-order valence-electron chi connectivity index (χ1n) is 9.78. The summed E-state index contributed by atoms with van der Waals surface area (Å²) in [6.07, 6.45) is 1.30. The van der Waals surface area contributed by atoms with Gasteiger partial charge in [0.25, 0.3) is 0 Å². The van der Waals surface area contributed by atoms with E-state index in [4.69, 9.17) is 5.32 Å². The van der Waals surface area contributed by atoms with Crippen LogP contribution in [0.4, 0.5) is 0 Å². The van der Waals surface area contributed by atoms with Crippen LogP contribution in [-0.4, -0.2) is 11.4 Å². The molecule has 2 nitrogen and oxygen atoms in total. The average Bonchev–Trinajstić information content (AvgIpc) is 3.13. The smallest absolute Gasteiger partial charge is 0.103 e. The minimum Gasteiger partial charge on any atom is -0.278 e. The number of nitrogens with zero attached hydrogens (tertiary/aromatic N) is 2. The van der Waals surface area contributed by atoms with Gasteiger partial charge in [0.05, 0.1) is 0 Å². The van der Waals surface area contributed by atoms with E-state index in [1.807, 2.05) is 0 Å². The highest BCUT2D eigenvalue weighted by Gasteiger charge is 2.31. The summed E-state index contributed by atoms with van der Waals surface area (Å²) in [5.41, 5.74) is 5.76. The monoisotopic (exact) mass is 349 g/mol. The first kappa shape index (κ1) is 15.4. The Kier molecular flexibility index (Phi) is 3.37. The number of hydrogen-bond donors (Lipinski definition) is 0. The van der Waals surface area contributed by atoms with Crippen LogP contribution in [0.5, 0.6) is 0 Å². The van der Waals surface area contributed by atoms with Crippen molar-refractivity contribution in [1.82, 2.24) is 10.2 Å². The number of hydrogen-bond acceptors (Lipinski definition) is 1. The Morgan fingerprint density at radius 2 is 1.30 bits per heavy atom. The van der Waals surface area contributed by atoms with E-state index in [1.54, 1.807) is 0 Å². The van der Waals surface area contributed by atoms with Crippen molar-refractivity contribution in [2.45, 2.75) is 25.7 Å². The minimum absolute atomic E-state index is 0.198. The van der Waals surface area contributed by atoms with Gasteiger partial charge in [0.15, 0.2) is 0 Å². The summed E-state index contributed by atoms with van der Waals surface area (Å²) in [4.78, 5) is 2.55. The van der Waals surface area contributed by atoms with E-state index in [9.17, 15) is 0 Å². The van der Waals surface area contributed by atoms with E-state index in [-0.39, 0.29) is 6.17 Å². The number of rotatable bonds is 1. The largest absolute Gasteiger partial charge is 0.278 e. The summed E-state index contributed by atoms with van der Waals surface area (Å²) in [6, 6.07) is 26.8. The van der Waals surface area contributed by atoms with Gasteiger partial charge in [0.1, 0.15) is 6.17 Å². The zero-order chi connectivity index (χ0) is 17.8. The summed E-state index contributed by atoms with van der Waals surface area (Å²) in [7, 11) is 0. The van der Waals surface area contributed by atoms with Crippen LogP contribution < -0.4 is 5.32 Å². The first-order chi connectivity index (χ1) is 13.3. The maximum Gasteiger partial charge on any atom is 0.103 e. The second-order valence-electron chi connectivity index (χ2n) is 7.80. The van der Waals surface area contributed by atoms with Gasteiger partial charge in [-0.05, 0) is 68.4 Å². The van der Waals surface area contributed by atoms with Gasteiger partial charge in [-0.25, -0.2) is 5.32 Å². The van der Waals surface area contributed by atoms with Crippen molar-refractivity contribution >= 4 is 21.5 Å². The molecule has 0 spiro atoms. The lowest BCUT2D eigenvalue weighted by Gasteiger charge is -2.33. The lowest BCUT2D eigenvalue weighted by Crippen LogP contribution is -2.36. The van der Waals surface area contributed by atoms with Crippen LogP contribution in [0.15, 0.2) is 72.8 Å². The standard InChI is InChI=1S/C25H21N2/c1-2-7-19-13-23-16-27(10-9-21(23)11-17(19)5-1)25-24-14-20-8-4-3-6-18(20)12-22(24)15-26-25/h1-8,11-14,25H,9-10,15-16H2. The summed E-state index contributed by atoms with van der Waals surface area (Å²) < 4.78 is 0. The summed E-state index contributed by atoms with van der Waals surface area (Å²) in [5.74, 6) is 0. The molecule has 0 saturated carbocycles. The Balaban J connectivity index is 1.37. The fraction of sp³-hybridized carbons (Fsp3) is 0.200. The molecular weight excluding hydrogens is 328 g/mol. The van der Waals surface area contributed by atoms with Crippen molar-refractivity contribution < 1.29 is 0 Å². The van der Waals surface area contributed by atoms with Crippen molar-refractivity contribution in [3.05, 3.63) is 95.1 Å². The summed E-state index contributed by atoms with van der Waals surface area (Å²) >= 11 is 0. The Labute approximate surface area is 159 Å². The molecule has 1 unspecified atom stereocenters. The van der Waals surface area contributed by atoms with Crippen molar-refractivity contribution in [3.63, 3.8) is 0 Å². The van der Waals surface area contributed by atoms with E-state index < -0.39 is 0 Å². The van der Waals surface area contributed by atoms with Gasteiger partial charge in [-0.3, -0.25) is 4.90 Å². The Morgan fingerprint density at radius 1 is 0.704 bits per heavy atom. The third-order valence-electron chi connectivity index (χ3n) is 6.18. The molecule has 1 atom stereocenters. The molecule has 4 aromatic rings. The predicted octanol–water partition coefficient (Wildman–Crippen LogP) is 5.17. The first-order valence-corrected chi connectivity index (χ1v) is 9.78. The average molecular weight is 349 g/mol. The van der Waals surface area contributed by atoms with Crippen LogP contribution in [0, 0.1) is 0 Å². The Morgan fingerprint density at radius 3 is 2.00 bits per heavy atom. The van der Waals surface area contributed by atoms with Crippen LogP contribution in [0.25, 0.3) is 21.5 Å². The minimum atomic E-state index is 0.198. The van der Waals surface area contributed by atoms with Crippen LogP contribution in [-0.2, 0) is 19.5 Å². The molecule has 0 bridgehead atoms. The summed E-state index contributed by atoms with van der Waals surface area (Å²) in [5, 5.41) is 10.3. The third-order valence-corrected chi connectivity index (χ3v) is 6.18. The zero-order valence-electron chi connectivity index (χ0n) is 15.2. The van der Waals surface area contributed by atoms with Gasteiger partial charge >= 0.3 is 0 Å². The zero-order valence-corrected chi connectivity index (χ0v) is 15.2. The lowest BCUT2D eigenvalue weighted by molar-refractivity contribution is 0.155. The Hall–Kier alpha value is -2.68. The molecule has 0 N–H and O–H groups in total. The van der Waals surface area contributed by atoms with Gasteiger partial charge in [-0.1, -0.05) is 54.6 Å². The Bertz CT molecular complexity index is 1180. The fourth-order valence-electron chi connectivity index (χ4n) is 4.76. The topological polar surface area (TPSA) is 17.3 Å². The van der Waals surface area contributed by atoms with Crippen LogP contribution >= 0.6 is 0 Å². The number of fused-ring (bicyclic) bond motifs is 4. The van der Waals surface area contributed by atoms with E-state index in [1.165, 1.54) is 43.8 Å². The van der Waals surface area contributed by atoms with Crippen molar-refractivity contribution in [2.75, 3.05) is 6.54 Å². The van der Waals surface area contributed by atoms with E-state index in [0.717, 1.165) is 26.1 Å². The predicted molar refractivity (Wildman–Crippen MR) is 111 cm³/mol. The maximum absolute atomic E-state index is 5.01. The lowest BCUT2D eigenvalue weighted by atomic mass is 9.94. The SMILES string of the molecule is c1ccc2cc3c(cc2c1)CCN(C1[N]Cc2cc4ccccc4cc21)C3. The molecule has 0 amide bonds.